The molecule has 1 rings (SSSR count). The normalized spacial score (nSPS) is 12.3. The smallest absolute Gasteiger partial charge is 0.153 e. The molecule has 1 atom stereocenters. The van der Waals surface area contributed by atoms with Crippen LogP contribution in [0.1, 0.15) is 95.2 Å². The molecule has 0 radical (unpaired) electrons. The van der Waals surface area contributed by atoms with Crippen molar-refractivity contribution in [2.45, 2.75) is 90.5 Å². The van der Waals surface area contributed by atoms with Crippen molar-refractivity contribution in [2.24, 2.45) is 0 Å². The molecule has 1 aromatic rings. The summed E-state index contributed by atoms with van der Waals surface area (Å²) in [6, 6.07) is 7.38. The maximum Gasteiger partial charge on any atom is 0.153 e. The van der Waals surface area contributed by atoms with Gasteiger partial charge < -0.3 is 5.21 Å². The van der Waals surface area contributed by atoms with Gasteiger partial charge in [0.25, 0.3) is 0 Å². The van der Waals surface area contributed by atoms with Crippen LogP contribution in [0, 0.1) is 0 Å². The number of benzene rings is 1. The topological polar surface area (TPSA) is 49.3 Å². The van der Waals surface area contributed by atoms with Gasteiger partial charge in [-0.25, -0.2) is 0 Å². The van der Waals surface area contributed by atoms with Crippen LogP contribution < -0.4 is 5.48 Å². The third kappa shape index (κ3) is 8.60. The SMILES string of the molecule is CCCCCCCCCCCCc1ccc(C(NO)C(C)=O)cc1. The summed E-state index contributed by atoms with van der Waals surface area (Å²) in [7, 11) is 0. The van der Waals surface area contributed by atoms with Gasteiger partial charge in [0.1, 0.15) is 6.04 Å². The molecule has 3 nitrogen and oxygen atoms in total. The summed E-state index contributed by atoms with van der Waals surface area (Å²) in [6.45, 7) is 3.74. The third-order valence-electron chi connectivity index (χ3n) is 4.67. The maximum absolute atomic E-state index is 11.4. The van der Waals surface area contributed by atoms with E-state index in [0.29, 0.717) is 0 Å². The second-order valence-corrected chi connectivity index (χ2v) is 6.85. The van der Waals surface area contributed by atoms with E-state index < -0.39 is 6.04 Å². The number of hydroxylamine groups is 1. The van der Waals surface area contributed by atoms with Crippen LogP contribution in [0.4, 0.5) is 0 Å². The predicted octanol–water partition coefficient (Wildman–Crippen LogP) is 5.76. The Balaban J connectivity index is 2.12. The number of hydrogen-bond donors (Lipinski definition) is 2. The van der Waals surface area contributed by atoms with Crippen LogP contribution in [0.3, 0.4) is 0 Å². The lowest BCUT2D eigenvalue weighted by Crippen LogP contribution is -2.23. The van der Waals surface area contributed by atoms with Crippen LogP contribution in [0.15, 0.2) is 24.3 Å². The highest BCUT2D eigenvalue weighted by atomic mass is 16.5. The number of aryl methyl sites for hydroxylation is 1. The summed E-state index contributed by atoms with van der Waals surface area (Å²) >= 11 is 0. The average molecular weight is 334 g/mol. The number of unbranched alkanes of at least 4 members (excludes halogenated alkanes) is 9. The van der Waals surface area contributed by atoms with Crippen molar-refractivity contribution < 1.29 is 10.0 Å². The predicted molar refractivity (Wildman–Crippen MR) is 100 cm³/mol. The standard InChI is InChI=1S/C21H35NO2/c1-3-4-5-6-7-8-9-10-11-12-13-19-14-16-20(17-15-19)21(22-24)18(2)23/h14-17,21-22,24H,3-13H2,1-2H3. The van der Waals surface area contributed by atoms with Gasteiger partial charge in [0.2, 0.25) is 0 Å². The molecule has 1 unspecified atom stereocenters. The molecule has 0 aliphatic heterocycles. The van der Waals surface area contributed by atoms with Gasteiger partial charge in [0.05, 0.1) is 0 Å². The van der Waals surface area contributed by atoms with Gasteiger partial charge in [-0.15, -0.1) is 0 Å². The lowest BCUT2D eigenvalue weighted by Gasteiger charge is -2.12. The first kappa shape index (κ1) is 20.9. The highest BCUT2D eigenvalue weighted by Crippen LogP contribution is 2.16. The van der Waals surface area contributed by atoms with E-state index in [4.69, 9.17) is 5.21 Å². The Morgan fingerprint density at radius 2 is 1.42 bits per heavy atom. The number of ketones is 1. The van der Waals surface area contributed by atoms with E-state index in [1.165, 1.54) is 76.7 Å². The van der Waals surface area contributed by atoms with Gasteiger partial charge in [-0.1, -0.05) is 89.0 Å². The minimum absolute atomic E-state index is 0.0834. The fourth-order valence-electron chi connectivity index (χ4n) is 3.09. The molecule has 0 aliphatic carbocycles. The molecule has 0 saturated heterocycles. The van der Waals surface area contributed by atoms with Crippen molar-refractivity contribution in [3.8, 4) is 0 Å². The molecule has 0 fully saturated rings. The number of Topliss-reactive ketones (excluding diaryl/α,β-unsaturated/α-hetero) is 1. The molecule has 0 aliphatic rings. The monoisotopic (exact) mass is 333 g/mol. The first-order chi connectivity index (χ1) is 11.7. The van der Waals surface area contributed by atoms with Gasteiger partial charge in [-0.05, 0) is 30.9 Å². The molecule has 3 heteroatoms. The summed E-state index contributed by atoms with van der Waals surface area (Å²) < 4.78 is 0. The fourth-order valence-corrected chi connectivity index (χ4v) is 3.09. The summed E-state index contributed by atoms with van der Waals surface area (Å²) in [6.07, 6.45) is 14.6. The largest absolute Gasteiger partial charge is 0.316 e. The van der Waals surface area contributed by atoms with E-state index in [9.17, 15) is 4.79 Å². The first-order valence-corrected chi connectivity index (χ1v) is 9.68. The molecule has 24 heavy (non-hydrogen) atoms. The van der Waals surface area contributed by atoms with E-state index >= 15 is 0 Å². The fraction of sp³-hybridized carbons (Fsp3) is 0.667. The van der Waals surface area contributed by atoms with E-state index in [-0.39, 0.29) is 5.78 Å². The number of carbonyl (C=O) groups is 1. The van der Waals surface area contributed by atoms with Crippen molar-refractivity contribution in [1.29, 1.82) is 0 Å². The third-order valence-corrected chi connectivity index (χ3v) is 4.67. The van der Waals surface area contributed by atoms with E-state index in [2.05, 4.69) is 24.5 Å². The van der Waals surface area contributed by atoms with Crippen molar-refractivity contribution >= 4 is 5.78 Å². The van der Waals surface area contributed by atoms with Gasteiger partial charge in [-0.2, -0.15) is 5.48 Å². The summed E-state index contributed by atoms with van der Waals surface area (Å²) in [5.41, 5.74) is 4.20. The van der Waals surface area contributed by atoms with Crippen molar-refractivity contribution in [3.63, 3.8) is 0 Å². The van der Waals surface area contributed by atoms with Gasteiger partial charge in [0, 0.05) is 0 Å². The summed E-state index contributed by atoms with van der Waals surface area (Å²) in [4.78, 5) is 11.4. The Hall–Kier alpha value is -1.19. The Morgan fingerprint density at radius 1 is 0.917 bits per heavy atom. The quantitative estimate of drug-likeness (QED) is 0.336. The number of carbonyl (C=O) groups excluding carboxylic acids is 1. The van der Waals surface area contributed by atoms with E-state index in [1.54, 1.807) is 0 Å². The number of rotatable bonds is 14. The van der Waals surface area contributed by atoms with Crippen LogP contribution >= 0.6 is 0 Å². The number of hydrogen-bond acceptors (Lipinski definition) is 3. The number of nitrogens with one attached hydrogen (secondary N) is 1. The zero-order valence-corrected chi connectivity index (χ0v) is 15.5. The van der Waals surface area contributed by atoms with Crippen molar-refractivity contribution in [1.82, 2.24) is 5.48 Å². The Labute approximate surface area is 147 Å². The molecule has 2 N–H and O–H groups in total. The van der Waals surface area contributed by atoms with E-state index in [1.807, 2.05) is 12.1 Å². The zero-order valence-electron chi connectivity index (χ0n) is 15.5. The Bertz CT molecular complexity index is 442. The molecule has 0 amide bonds. The molecule has 0 spiro atoms. The van der Waals surface area contributed by atoms with Gasteiger partial charge in [-0.3, -0.25) is 4.79 Å². The van der Waals surface area contributed by atoms with Crippen LogP contribution in [0.25, 0.3) is 0 Å². The molecular weight excluding hydrogens is 298 g/mol. The minimum Gasteiger partial charge on any atom is -0.316 e. The van der Waals surface area contributed by atoms with Crippen molar-refractivity contribution in [3.05, 3.63) is 35.4 Å². The van der Waals surface area contributed by atoms with Crippen LogP contribution in [-0.2, 0) is 11.2 Å². The Morgan fingerprint density at radius 3 is 1.88 bits per heavy atom. The highest BCUT2D eigenvalue weighted by Gasteiger charge is 2.14. The van der Waals surface area contributed by atoms with Gasteiger partial charge >= 0.3 is 0 Å². The van der Waals surface area contributed by atoms with Crippen LogP contribution in [0.2, 0.25) is 0 Å². The maximum atomic E-state index is 11.4. The Kier molecular flexibility index (Phi) is 11.4. The molecular formula is C21H35NO2. The highest BCUT2D eigenvalue weighted by molar-refractivity contribution is 5.82. The molecule has 136 valence electrons. The van der Waals surface area contributed by atoms with Crippen LogP contribution in [-0.4, -0.2) is 11.0 Å². The molecule has 0 saturated carbocycles. The first-order valence-electron chi connectivity index (χ1n) is 9.68. The second-order valence-electron chi connectivity index (χ2n) is 6.85. The lowest BCUT2D eigenvalue weighted by atomic mass is 9.99. The van der Waals surface area contributed by atoms with Crippen LogP contribution in [0.5, 0.6) is 0 Å². The van der Waals surface area contributed by atoms with Crippen molar-refractivity contribution in [2.75, 3.05) is 0 Å². The zero-order chi connectivity index (χ0) is 17.6. The summed E-state index contributed by atoms with van der Waals surface area (Å²) in [5, 5.41) is 9.05. The minimum atomic E-state index is -0.614. The molecule has 0 bridgehead atoms. The molecule has 1 aromatic carbocycles. The lowest BCUT2D eigenvalue weighted by molar-refractivity contribution is -0.121. The molecule has 0 aromatic heterocycles. The summed E-state index contributed by atoms with van der Waals surface area (Å²) in [5.74, 6) is -0.0834. The van der Waals surface area contributed by atoms with Gasteiger partial charge in [0.15, 0.2) is 5.78 Å². The molecule has 0 heterocycles. The second kappa shape index (κ2) is 13.1. The van der Waals surface area contributed by atoms with E-state index in [0.717, 1.165) is 12.0 Å². The average Bonchev–Trinajstić information content (AvgIpc) is 2.58.